The van der Waals surface area contributed by atoms with Crippen molar-refractivity contribution in [1.82, 2.24) is 0 Å². The van der Waals surface area contributed by atoms with Gasteiger partial charge in [-0.15, -0.1) is 0 Å². The molecule has 2 nitrogen and oxygen atoms in total. The van der Waals surface area contributed by atoms with Crippen LogP contribution in [0.15, 0.2) is 41.3 Å². The molecule has 2 atom stereocenters. The number of hydrogen-bond acceptors (Lipinski definition) is 2. The van der Waals surface area contributed by atoms with E-state index in [1.807, 2.05) is 37.3 Å². The first kappa shape index (κ1) is 16.9. The number of alkyl halides is 1. The maximum absolute atomic E-state index is 12.0. The van der Waals surface area contributed by atoms with Crippen LogP contribution >= 0.6 is 22.6 Å². The van der Waals surface area contributed by atoms with E-state index in [2.05, 4.69) is 28.7 Å². The summed E-state index contributed by atoms with van der Waals surface area (Å²) >= 11 is 2.35. The molecular weight excluding hydrogens is 371 g/mol. The van der Waals surface area contributed by atoms with Gasteiger partial charge < -0.3 is 5.11 Å². The first-order valence-corrected chi connectivity index (χ1v) is 9.32. The largest absolute Gasteiger partial charge is 0.392 e. The molecule has 0 radical (unpaired) electrons. The fourth-order valence-electron chi connectivity index (χ4n) is 1.60. The van der Waals surface area contributed by atoms with Crippen LogP contribution in [-0.2, 0) is 10.8 Å². The average Bonchev–Trinajstić information content (AvgIpc) is 2.39. The SMILES string of the molecule is Cc1ccc([S@](=O)C[C@@H](O)C/C=C/CCCI)cc1. The Balaban J connectivity index is 2.35. The quantitative estimate of drug-likeness (QED) is 0.318. The van der Waals surface area contributed by atoms with Gasteiger partial charge in [0.15, 0.2) is 0 Å². The predicted octanol–water partition coefficient (Wildman–Crippen LogP) is 3.63. The van der Waals surface area contributed by atoms with E-state index in [9.17, 15) is 9.32 Å². The third-order valence-corrected chi connectivity index (χ3v) is 4.96. The number of allylic oxidation sites excluding steroid dienone is 1. The van der Waals surface area contributed by atoms with E-state index < -0.39 is 16.9 Å². The van der Waals surface area contributed by atoms with E-state index >= 15 is 0 Å². The van der Waals surface area contributed by atoms with E-state index in [1.165, 1.54) is 6.42 Å². The van der Waals surface area contributed by atoms with E-state index in [0.717, 1.165) is 21.3 Å². The van der Waals surface area contributed by atoms with E-state index in [-0.39, 0.29) is 0 Å². The Labute approximate surface area is 131 Å². The third kappa shape index (κ3) is 7.22. The summed E-state index contributed by atoms with van der Waals surface area (Å²) < 4.78 is 13.2. The Kier molecular flexibility index (Phi) is 8.57. The minimum absolute atomic E-state index is 0.305. The molecule has 0 aliphatic rings. The van der Waals surface area contributed by atoms with Gasteiger partial charge in [0.05, 0.1) is 22.7 Å². The van der Waals surface area contributed by atoms with Gasteiger partial charge in [-0.1, -0.05) is 52.4 Å². The summed E-state index contributed by atoms with van der Waals surface area (Å²) in [4.78, 5) is 0.790. The highest BCUT2D eigenvalue weighted by atomic mass is 127. The highest BCUT2D eigenvalue weighted by molar-refractivity contribution is 14.1. The molecule has 0 bridgehead atoms. The van der Waals surface area contributed by atoms with Crippen LogP contribution in [0, 0.1) is 6.92 Å². The monoisotopic (exact) mass is 392 g/mol. The zero-order chi connectivity index (χ0) is 14.1. The zero-order valence-corrected chi connectivity index (χ0v) is 14.2. The van der Waals surface area contributed by atoms with Crippen LogP contribution in [0.25, 0.3) is 0 Å². The van der Waals surface area contributed by atoms with Crippen molar-refractivity contribution in [1.29, 1.82) is 0 Å². The van der Waals surface area contributed by atoms with Crippen LogP contribution in [-0.4, -0.2) is 25.6 Å². The van der Waals surface area contributed by atoms with Crippen molar-refractivity contribution in [2.24, 2.45) is 0 Å². The summed E-state index contributed by atoms with van der Waals surface area (Å²) in [6, 6.07) is 7.63. The molecule has 0 aromatic heterocycles. The minimum atomic E-state index is -1.12. The average molecular weight is 392 g/mol. The number of aryl methyl sites for hydroxylation is 1. The molecule has 1 rings (SSSR count). The van der Waals surface area contributed by atoms with Crippen molar-refractivity contribution in [3.05, 3.63) is 42.0 Å². The highest BCUT2D eigenvalue weighted by Gasteiger charge is 2.09. The van der Waals surface area contributed by atoms with Crippen molar-refractivity contribution in [3.63, 3.8) is 0 Å². The number of hydrogen-bond donors (Lipinski definition) is 1. The molecule has 0 aliphatic heterocycles. The summed E-state index contributed by atoms with van der Waals surface area (Å²) in [6.07, 6.45) is 6.36. The first-order chi connectivity index (χ1) is 9.13. The Bertz CT molecular complexity index is 415. The zero-order valence-electron chi connectivity index (χ0n) is 11.2. The van der Waals surface area contributed by atoms with Gasteiger partial charge in [-0.25, -0.2) is 0 Å². The number of benzene rings is 1. The number of halogens is 1. The van der Waals surface area contributed by atoms with Gasteiger partial charge in [0.25, 0.3) is 0 Å². The van der Waals surface area contributed by atoms with Crippen LogP contribution in [0.5, 0.6) is 0 Å². The van der Waals surface area contributed by atoms with Crippen LogP contribution in [0.1, 0.15) is 24.8 Å². The summed E-state index contributed by atoms with van der Waals surface area (Å²) in [5, 5.41) is 9.85. The number of rotatable bonds is 8. The summed E-state index contributed by atoms with van der Waals surface area (Å²) in [7, 11) is -1.12. The molecule has 19 heavy (non-hydrogen) atoms. The van der Waals surface area contributed by atoms with Crippen molar-refractivity contribution in [2.45, 2.75) is 37.2 Å². The van der Waals surface area contributed by atoms with Gasteiger partial charge in [-0.05, 0) is 42.7 Å². The topological polar surface area (TPSA) is 37.3 Å². The second kappa shape index (κ2) is 9.66. The molecule has 0 heterocycles. The second-order valence-electron chi connectivity index (χ2n) is 4.52. The Hall–Kier alpha value is -0.200. The Morgan fingerprint density at radius 3 is 2.63 bits per heavy atom. The van der Waals surface area contributed by atoms with Gasteiger partial charge in [-0.2, -0.15) is 0 Å². The molecule has 0 saturated heterocycles. The molecule has 106 valence electrons. The van der Waals surface area contributed by atoms with Gasteiger partial charge in [0.1, 0.15) is 0 Å². The molecule has 4 heteroatoms. The Morgan fingerprint density at radius 2 is 2.00 bits per heavy atom. The minimum Gasteiger partial charge on any atom is -0.392 e. The van der Waals surface area contributed by atoms with E-state index in [1.54, 1.807) is 0 Å². The molecule has 0 aliphatic carbocycles. The van der Waals surface area contributed by atoms with Crippen LogP contribution < -0.4 is 0 Å². The number of unbranched alkanes of at least 4 members (excludes halogenated alkanes) is 1. The van der Waals surface area contributed by atoms with Crippen LogP contribution in [0.4, 0.5) is 0 Å². The molecule has 1 aromatic carbocycles. The standard InChI is InChI=1S/C15H21IO2S/c1-13-7-9-15(10-8-13)19(18)12-14(17)6-4-2-3-5-11-16/h2,4,7-10,14,17H,3,5-6,11-12H2,1H3/b4-2+/t14-,19+/m0/s1. The molecule has 0 amide bonds. The lowest BCUT2D eigenvalue weighted by atomic mass is 10.2. The molecule has 1 N–H and O–H groups in total. The van der Waals surface area contributed by atoms with Crippen molar-refractivity contribution in [2.75, 3.05) is 10.2 Å². The molecule has 0 saturated carbocycles. The molecule has 0 unspecified atom stereocenters. The lowest BCUT2D eigenvalue weighted by molar-refractivity contribution is 0.202. The maximum atomic E-state index is 12.0. The van der Waals surface area contributed by atoms with Gasteiger partial charge in [0.2, 0.25) is 0 Å². The van der Waals surface area contributed by atoms with Crippen LogP contribution in [0.2, 0.25) is 0 Å². The molecule has 0 spiro atoms. The smallest absolute Gasteiger partial charge is 0.0693 e. The molecule has 0 fully saturated rings. The second-order valence-corrected chi connectivity index (χ2v) is 7.09. The lowest BCUT2D eigenvalue weighted by Gasteiger charge is -2.08. The lowest BCUT2D eigenvalue weighted by Crippen LogP contribution is -2.15. The van der Waals surface area contributed by atoms with Crippen LogP contribution in [0.3, 0.4) is 0 Å². The van der Waals surface area contributed by atoms with Gasteiger partial charge in [0, 0.05) is 4.90 Å². The van der Waals surface area contributed by atoms with Crippen molar-refractivity contribution >= 4 is 33.4 Å². The maximum Gasteiger partial charge on any atom is 0.0693 e. The summed E-state index contributed by atoms with van der Waals surface area (Å²) in [6.45, 7) is 2.00. The molecular formula is C15H21IO2S. The van der Waals surface area contributed by atoms with Gasteiger partial charge >= 0.3 is 0 Å². The van der Waals surface area contributed by atoms with Crippen molar-refractivity contribution < 1.29 is 9.32 Å². The first-order valence-electron chi connectivity index (χ1n) is 6.47. The van der Waals surface area contributed by atoms with E-state index in [0.29, 0.717) is 12.2 Å². The Morgan fingerprint density at radius 1 is 1.32 bits per heavy atom. The van der Waals surface area contributed by atoms with E-state index in [4.69, 9.17) is 0 Å². The highest BCUT2D eigenvalue weighted by Crippen LogP contribution is 2.10. The fraction of sp³-hybridized carbons (Fsp3) is 0.467. The summed E-state index contributed by atoms with van der Waals surface area (Å²) in [5.41, 5.74) is 1.15. The molecule has 1 aromatic rings. The van der Waals surface area contributed by atoms with Gasteiger partial charge in [-0.3, -0.25) is 4.21 Å². The van der Waals surface area contributed by atoms with Crippen molar-refractivity contribution in [3.8, 4) is 0 Å². The fourth-order valence-corrected chi connectivity index (χ4v) is 3.15. The number of aliphatic hydroxyl groups excluding tert-OH is 1. The third-order valence-electron chi connectivity index (χ3n) is 2.71. The number of aliphatic hydroxyl groups is 1. The summed E-state index contributed by atoms with van der Waals surface area (Å²) in [5.74, 6) is 0.305. The predicted molar refractivity (Wildman–Crippen MR) is 90.3 cm³/mol. The normalized spacial score (nSPS) is 14.7.